The molecule has 0 saturated heterocycles. The lowest BCUT2D eigenvalue weighted by atomic mass is 10.3. The van der Waals surface area contributed by atoms with E-state index in [1.165, 1.54) is 0 Å². The van der Waals surface area contributed by atoms with E-state index in [0.717, 1.165) is 0 Å². The number of alkyl halides is 4. The van der Waals surface area contributed by atoms with Crippen LogP contribution in [0.1, 0.15) is 17.8 Å². The van der Waals surface area contributed by atoms with Gasteiger partial charge < -0.3 is 20.1 Å². The van der Waals surface area contributed by atoms with Crippen LogP contribution in [0.3, 0.4) is 0 Å². The predicted molar refractivity (Wildman–Crippen MR) is 48.9 cm³/mol. The Morgan fingerprint density at radius 2 is 2.11 bits per heavy atom. The monoisotopic (exact) mass is 273 g/mol. The molecule has 0 aliphatic rings. The van der Waals surface area contributed by atoms with Crippen molar-refractivity contribution in [2.24, 2.45) is 5.73 Å². The zero-order valence-corrected chi connectivity index (χ0v) is 9.02. The van der Waals surface area contributed by atoms with Gasteiger partial charge in [-0.15, -0.1) is 0 Å². The number of aliphatic hydroxyl groups excluding tert-OH is 1. The third-order valence-corrected chi connectivity index (χ3v) is 1.84. The minimum atomic E-state index is -4.23. The topological polar surface area (TPSA) is 94.4 Å². The second-order valence-corrected chi connectivity index (χ2v) is 3.35. The van der Waals surface area contributed by atoms with Crippen LogP contribution in [0.25, 0.3) is 0 Å². The maximum Gasteiger partial charge on any atom is 0.330 e. The molecular weight excluding hydrogens is 262 g/mol. The van der Waals surface area contributed by atoms with Crippen molar-refractivity contribution in [1.29, 1.82) is 0 Å². The van der Waals surface area contributed by atoms with Gasteiger partial charge in [0.05, 0.1) is 0 Å². The molecule has 1 rings (SSSR count). The average Bonchev–Trinajstić information content (AvgIpc) is 2.76. The largest absolute Gasteiger partial charge is 0.382 e. The molecule has 0 unspecified atom stereocenters. The molecular formula is C8H11F4N3O3. The molecule has 0 amide bonds. The van der Waals surface area contributed by atoms with Gasteiger partial charge in [0.1, 0.15) is 19.3 Å². The first kappa shape index (κ1) is 14.8. The van der Waals surface area contributed by atoms with Gasteiger partial charge in [-0.05, 0) is 0 Å². The van der Waals surface area contributed by atoms with Crippen LogP contribution in [0, 0.1) is 0 Å². The SMILES string of the molecule is NC[C@H](O)c1nc(COCC(F)(F)C(F)F)no1. The Balaban J connectivity index is 2.43. The lowest BCUT2D eigenvalue weighted by Crippen LogP contribution is -2.32. The molecule has 0 radical (unpaired) electrons. The normalized spacial score (nSPS) is 14.2. The lowest BCUT2D eigenvalue weighted by Gasteiger charge is -2.14. The fourth-order valence-electron chi connectivity index (χ4n) is 0.904. The van der Waals surface area contributed by atoms with E-state index in [0.29, 0.717) is 0 Å². The average molecular weight is 273 g/mol. The zero-order chi connectivity index (χ0) is 13.8. The van der Waals surface area contributed by atoms with E-state index >= 15 is 0 Å². The van der Waals surface area contributed by atoms with Gasteiger partial charge in [0.25, 0.3) is 5.89 Å². The third kappa shape index (κ3) is 3.89. The summed E-state index contributed by atoms with van der Waals surface area (Å²) in [5.41, 5.74) is 5.11. The Morgan fingerprint density at radius 3 is 2.67 bits per heavy atom. The van der Waals surface area contributed by atoms with Crippen molar-refractivity contribution in [3.63, 3.8) is 0 Å². The number of nitrogens with zero attached hydrogens (tertiary/aromatic N) is 2. The quantitative estimate of drug-likeness (QED) is 0.702. The fraction of sp³-hybridized carbons (Fsp3) is 0.750. The highest BCUT2D eigenvalue weighted by molar-refractivity contribution is 4.89. The van der Waals surface area contributed by atoms with Crippen molar-refractivity contribution < 1.29 is 31.9 Å². The summed E-state index contributed by atoms with van der Waals surface area (Å²) in [6.07, 6.45) is -4.98. The van der Waals surface area contributed by atoms with Gasteiger partial charge in [0.15, 0.2) is 5.82 Å². The molecule has 0 aromatic carbocycles. The van der Waals surface area contributed by atoms with Crippen LogP contribution in [0.5, 0.6) is 0 Å². The molecule has 1 aromatic heterocycles. The third-order valence-electron chi connectivity index (χ3n) is 1.84. The van der Waals surface area contributed by atoms with Crippen LogP contribution >= 0.6 is 0 Å². The number of hydrogen-bond donors (Lipinski definition) is 2. The minimum Gasteiger partial charge on any atom is -0.382 e. The summed E-state index contributed by atoms with van der Waals surface area (Å²) in [4.78, 5) is 3.58. The molecule has 0 aliphatic heterocycles. The van der Waals surface area contributed by atoms with Crippen LogP contribution in [-0.4, -0.2) is 40.7 Å². The molecule has 0 aliphatic carbocycles. The van der Waals surface area contributed by atoms with E-state index in [9.17, 15) is 22.7 Å². The second kappa shape index (κ2) is 6.07. The van der Waals surface area contributed by atoms with Crippen molar-refractivity contribution in [1.82, 2.24) is 10.1 Å². The lowest BCUT2D eigenvalue weighted by molar-refractivity contribution is -0.168. The highest BCUT2D eigenvalue weighted by Gasteiger charge is 2.41. The molecule has 0 saturated carbocycles. The van der Waals surface area contributed by atoms with Gasteiger partial charge in [-0.3, -0.25) is 0 Å². The van der Waals surface area contributed by atoms with E-state index in [1.807, 2.05) is 0 Å². The minimum absolute atomic E-state index is 0.150. The molecule has 0 spiro atoms. The number of nitrogens with two attached hydrogens (primary N) is 1. The summed E-state index contributed by atoms with van der Waals surface area (Å²) in [7, 11) is 0. The first-order chi connectivity index (χ1) is 8.36. The maximum atomic E-state index is 12.4. The van der Waals surface area contributed by atoms with Crippen molar-refractivity contribution in [3.8, 4) is 0 Å². The molecule has 10 heteroatoms. The first-order valence-electron chi connectivity index (χ1n) is 4.81. The Morgan fingerprint density at radius 1 is 1.44 bits per heavy atom. The molecule has 6 nitrogen and oxygen atoms in total. The standard InChI is InChI=1S/C8H11F4N3O3/c9-7(10)8(11,12)3-17-2-5-14-6(18-15-5)4(16)1-13/h4,7,16H,1-3,13H2/t4-/m0/s1. The molecule has 18 heavy (non-hydrogen) atoms. The van der Waals surface area contributed by atoms with Crippen LogP contribution in [-0.2, 0) is 11.3 Å². The molecule has 0 fully saturated rings. The van der Waals surface area contributed by atoms with Gasteiger partial charge in [0, 0.05) is 6.54 Å². The molecule has 1 heterocycles. The highest BCUT2D eigenvalue weighted by Crippen LogP contribution is 2.23. The number of aromatic nitrogens is 2. The van der Waals surface area contributed by atoms with Crippen LogP contribution in [0.2, 0.25) is 0 Å². The number of rotatable bonds is 7. The van der Waals surface area contributed by atoms with Crippen molar-refractivity contribution in [2.45, 2.75) is 25.1 Å². The van der Waals surface area contributed by atoms with E-state index in [1.54, 1.807) is 0 Å². The molecule has 3 N–H and O–H groups in total. The van der Waals surface area contributed by atoms with Gasteiger partial charge in [-0.25, -0.2) is 8.78 Å². The molecule has 104 valence electrons. The number of halogens is 4. The molecule has 1 atom stereocenters. The zero-order valence-electron chi connectivity index (χ0n) is 9.02. The summed E-state index contributed by atoms with van der Waals surface area (Å²) in [6.45, 7) is -2.16. The van der Waals surface area contributed by atoms with Crippen LogP contribution in [0.4, 0.5) is 17.6 Å². The van der Waals surface area contributed by atoms with Gasteiger partial charge in [-0.1, -0.05) is 5.16 Å². The van der Waals surface area contributed by atoms with Gasteiger partial charge in [-0.2, -0.15) is 13.8 Å². The second-order valence-electron chi connectivity index (χ2n) is 3.35. The summed E-state index contributed by atoms with van der Waals surface area (Å²) in [5, 5.41) is 12.5. The summed E-state index contributed by atoms with van der Waals surface area (Å²) in [6, 6.07) is 0. The predicted octanol–water partition coefficient (Wildman–Crippen LogP) is 0.479. The van der Waals surface area contributed by atoms with E-state index in [4.69, 9.17) is 5.73 Å². The summed E-state index contributed by atoms with van der Waals surface area (Å²) in [5.74, 6) is -4.58. The molecule has 0 bridgehead atoms. The van der Waals surface area contributed by atoms with E-state index in [-0.39, 0.29) is 18.3 Å². The van der Waals surface area contributed by atoms with E-state index < -0.39 is 31.7 Å². The number of ether oxygens (including phenoxy) is 1. The first-order valence-corrected chi connectivity index (χ1v) is 4.81. The maximum absolute atomic E-state index is 12.4. The van der Waals surface area contributed by atoms with Crippen LogP contribution in [0.15, 0.2) is 4.52 Å². The van der Waals surface area contributed by atoms with E-state index in [2.05, 4.69) is 19.4 Å². The number of hydrogen-bond acceptors (Lipinski definition) is 6. The Labute approximate surface area is 98.7 Å². The Bertz CT molecular complexity index is 374. The summed E-state index contributed by atoms with van der Waals surface area (Å²) >= 11 is 0. The van der Waals surface area contributed by atoms with Gasteiger partial charge >= 0.3 is 12.3 Å². The highest BCUT2D eigenvalue weighted by atomic mass is 19.3. The van der Waals surface area contributed by atoms with Crippen LogP contribution < -0.4 is 5.73 Å². The fourth-order valence-corrected chi connectivity index (χ4v) is 0.904. The van der Waals surface area contributed by atoms with Gasteiger partial charge in [0.2, 0.25) is 0 Å². The Kier molecular flexibility index (Phi) is 4.99. The molecule has 1 aromatic rings. The van der Waals surface area contributed by atoms with Crippen molar-refractivity contribution in [2.75, 3.05) is 13.2 Å². The van der Waals surface area contributed by atoms with Crippen molar-refractivity contribution >= 4 is 0 Å². The summed E-state index contributed by atoms with van der Waals surface area (Å²) < 4.78 is 57.3. The Hall–Kier alpha value is -1.26. The van der Waals surface area contributed by atoms with Crippen molar-refractivity contribution in [3.05, 3.63) is 11.7 Å². The smallest absolute Gasteiger partial charge is 0.330 e. The number of aliphatic hydroxyl groups is 1.